The number of carbonyl (C=O) groups is 1. The first-order chi connectivity index (χ1) is 9.06. The third-order valence-electron chi connectivity index (χ3n) is 5.15. The average molecular weight is 331 g/mol. The van der Waals surface area contributed by atoms with E-state index in [1.165, 1.54) is 32.1 Å². The number of halogens is 1. The Morgan fingerprint density at radius 1 is 1.32 bits per heavy atom. The lowest BCUT2D eigenvalue weighted by molar-refractivity contribution is -0.124. The smallest absolute Gasteiger partial charge is 0.221 e. The number of hydrogen-bond acceptors (Lipinski definition) is 2. The lowest BCUT2D eigenvalue weighted by Gasteiger charge is -2.45. The molecule has 0 aromatic heterocycles. The summed E-state index contributed by atoms with van der Waals surface area (Å²) in [6.45, 7) is 4.29. The molecule has 19 heavy (non-hydrogen) atoms. The fourth-order valence-electron chi connectivity index (χ4n) is 3.70. The molecule has 1 aliphatic carbocycles. The number of rotatable bonds is 4. The molecule has 2 unspecified atom stereocenters. The van der Waals surface area contributed by atoms with Gasteiger partial charge in [0.1, 0.15) is 0 Å². The highest BCUT2D eigenvalue weighted by atomic mass is 79.9. The van der Waals surface area contributed by atoms with Crippen molar-refractivity contribution in [3.63, 3.8) is 0 Å². The van der Waals surface area contributed by atoms with Crippen LogP contribution in [-0.2, 0) is 4.79 Å². The first-order valence-corrected chi connectivity index (χ1v) is 8.78. The first kappa shape index (κ1) is 15.3. The standard InChI is InChI=1S/C15H27BrN2O/c1-12-5-6-13(14(17)19)9-18(12)11-15(10-16)7-3-2-4-8-15/h12-13H,2-11H2,1H3,(H2,17,19). The Hall–Kier alpha value is -0.0900. The van der Waals surface area contributed by atoms with E-state index >= 15 is 0 Å². The van der Waals surface area contributed by atoms with Crippen molar-refractivity contribution >= 4 is 21.8 Å². The molecule has 1 saturated heterocycles. The van der Waals surface area contributed by atoms with Crippen LogP contribution in [0.15, 0.2) is 0 Å². The van der Waals surface area contributed by atoms with Gasteiger partial charge in [-0.3, -0.25) is 9.69 Å². The molecule has 2 atom stereocenters. The molecule has 0 radical (unpaired) electrons. The van der Waals surface area contributed by atoms with Gasteiger partial charge in [-0.1, -0.05) is 35.2 Å². The van der Waals surface area contributed by atoms with E-state index < -0.39 is 0 Å². The first-order valence-electron chi connectivity index (χ1n) is 7.66. The van der Waals surface area contributed by atoms with Crippen LogP contribution in [0, 0.1) is 11.3 Å². The van der Waals surface area contributed by atoms with Crippen molar-refractivity contribution in [2.45, 2.75) is 57.9 Å². The Morgan fingerprint density at radius 2 is 2.00 bits per heavy atom. The minimum atomic E-state index is -0.117. The molecule has 1 amide bonds. The molecule has 0 bridgehead atoms. The van der Waals surface area contributed by atoms with Crippen LogP contribution in [-0.4, -0.2) is 35.3 Å². The topological polar surface area (TPSA) is 46.3 Å². The molecule has 2 fully saturated rings. The Labute approximate surface area is 125 Å². The highest BCUT2D eigenvalue weighted by Crippen LogP contribution is 2.40. The number of nitrogens with zero attached hydrogens (tertiary/aromatic N) is 1. The van der Waals surface area contributed by atoms with Crippen LogP contribution in [0.1, 0.15) is 51.9 Å². The van der Waals surface area contributed by atoms with Crippen molar-refractivity contribution in [3.05, 3.63) is 0 Å². The summed E-state index contributed by atoms with van der Waals surface area (Å²) in [7, 11) is 0. The van der Waals surface area contributed by atoms with Gasteiger partial charge in [0.05, 0.1) is 5.92 Å². The Kier molecular flexibility index (Phi) is 5.29. The summed E-state index contributed by atoms with van der Waals surface area (Å²) in [4.78, 5) is 14.0. The summed E-state index contributed by atoms with van der Waals surface area (Å²) in [5, 5.41) is 1.09. The molecule has 4 heteroatoms. The minimum Gasteiger partial charge on any atom is -0.369 e. The summed E-state index contributed by atoms with van der Waals surface area (Å²) < 4.78 is 0. The zero-order valence-electron chi connectivity index (χ0n) is 12.0. The van der Waals surface area contributed by atoms with Gasteiger partial charge in [-0.15, -0.1) is 0 Å². The summed E-state index contributed by atoms with van der Waals surface area (Å²) in [5.74, 6) is -0.0550. The highest BCUT2D eigenvalue weighted by molar-refractivity contribution is 9.09. The second-order valence-electron chi connectivity index (χ2n) is 6.65. The van der Waals surface area contributed by atoms with Crippen molar-refractivity contribution in [2.24, 2.45) is 17.1 Å². The predicted octanol–water partition coefficient (Wildman–Crippen LogP) is 2.92. The Morgan fingerprint density at radius 3 is 2.58 bits per heavy atom. The summed E-state index contributed by atoms with van der Waals surface area (Å²) in [6, 6.07) is 0.591. The molecule has 0 spiro atoms. The van der Waals surface area contributed by atoms with Gasteiger partial charge >= 0.3 is 0 Å². The Balaban J connectivity index is 2.00. The molecular formula is C15H27BrN2O. The van der Waals surface area contributed by atoms with Crippen LogP contribution in [0.2, 0.25) is 0 Å². The molecule has 0 aromatic rings. The molecular weight excluding hydrogens is 304 g/mol. The largest absolute Gasteiger partial charge is 0.369 e. The summed E-state index contributed by atoms with van der Waals surface area (Å²) in [5.41, 5.74) is 5.92. The number of amides is 1. The van der Waals surface area contributed by atoms with Crippen molar-refractivity contribution in [3.8, 4) is 0 Å². The predicted molar refractivity (Wildman–Crippen MR) is 82.3 cm³/mol. The van der Waals surface area contributed by atoms with Crippen LogP contribution in [0.4, 0.5) is 0 Å². The molecule has 3 nitrogen and oxygen atoms in total. The number of primary amides is 1. The van der Waals surface area contributed by atoms with Gasteiger partial charge in [-0.05, 0) is 38.0 Å². The normalized spacial score (nSPS) is 32.1. The molecule has 1 heterocycles. The lowest BCUT2D eigenvalue weighted by Crippen LogP contribution is -2.50. The third-order valence-corrected chi connectivity index (χ3v) is 6.34. The maximum Gasteiger partial charge on any atom is 0.221 e. The fraction of sp³-hybridized carbons (Fsp3) is 0.933. The van der Waals surface area contributed by atoms with E-state index in [-0.39, 0.29) is 11.8 Å². The van der Waals surface area contributed by atoms with Crippen LogP contribution < -0.4 is 5.73 Å². The van der Waals surface area contributed by atoms with Crippen molar-refractivity contribution < 1.29 is 4.79 Å². The van der Waals surface area contributed by atoms with Crippen molar-refractivity contribution in [1.82, 2.24) is 4.90 Å². The van der Waals surface area contributed by atoms with Gasteiger partial charge in [0.25, 0.3) is 0 Å². The number of piperidine rings is 1. The number of alkyl halides is 1. The Bertz CT molecular complexity index is 315. The van der Waals surface area contributed by atoms with E-state index in [4.69, 9.17) is 5.73 Å². The highest BCUT2D eigenvalue weighted by Gasteiger charge is 2.37. The number of likely N-dealkylation sites (tertiary alicyclic amines) is 1. The van der Waals surface area contributed by atoms with E-state index in [1.54, 1.807) is 0 Å². The van der Waals surface area contributed by atoms with Crippen LogP contribution in [0.5, 0.6) is 0 Å². The minimum absolute atomic E-state index is 0.0622. The molecule has 1 saturated carbocycles. The second-order valence-corrected chi connectivity index (χ2v) is 7.21. The second kappa shape index (κ2) is 6.57. The number of nitrogens with two attached hydrogens (primary N) is 1. The van der Waals surface area contributed by atoms with E-state index in [0.29, 0.717) is 11.5 Å². The maximum atomic E-state index is 11.4. The van der Waals surface area contributed by atoms with Gasteiger partial charge in [-0.2, -0.15) is 0 Å². The van der Waals surface area contributed by atoms with Crippen molar-refractivity contribution in [1.29, 1.82) is 0 Å². The summed E-state index contributed by atoms with van der Waals surface area (Å²) >= 11 is 3.74. The number of carbonyl (C=O) groups excluding carboxylic acids is 1. The van der Waals surface area contributed by atoms with E-state index in [9.17, 15) is 4.79 Å². The van der Waals surface area contributed by atoms with Gasteiger partial charge in [-0.25, -0.2) is 0 Å². The maximum absolute atomic E-state index is 11.4. The van der Waals surface area contributed by atoms with Crippen LogP contribution in [0.3, 0.4) is 0 Å². The fourth-order valence-corrected chi connectivity index (χ4v) is 4.44. The van der Waals surface area contributed by atoms with E-state index in [2.05, 4.69) is 27.8 Å². The van der Waals surface area contributed by atoms with E-state index in [1.807, 2.05) is 0 Å². The van der Waals surface area contributed by atoms with Gasteiger partial charge in [0.15, 0.2) is 0 Å². The zero-order chi connectivity index (χ0) is 13.9. The van der Waals surface area contributed by atoms with Crippen LogP contribution in [0.25, 0.3) is 0 Å². The van der Waals surface area contributed by atoms with Crippen LogP contribution >= 0.6 is 15.9 Å². The molecule has 2 aliphatic rings. The molecule has 110 valence electrons. The quantitative estimate of drug-likeness (QED) is 0.805. The average Bonchev–Trinajstić information content (AvgIpc) is 2.42. The van der Waals surface area contributed by atoms with Gasteiger partial charge < -0.3 is 5.73 Å². The third kappa shape index (κ3) is 3.72. The lowest BCUT2D eigenvalue weighted by atomic mass is 9.74. The van der Waals surface area contributed by atoms with E-state index in [0.717, 1.165) is 31.3 Å². The van der Waals surface area contributed by atoms with Gasteiger partial charge in [0, 0.05) is 24.5 Å². The van der Waals surface area contributed by atoms with Crippen molar-refractivity contribution in [2.75, 3.05) is 18.4 Å². The molecule has 1 aliphatic heterocycles. The molecule has 0 aromatic carbocycles. The molecule has 2 N–H and O–H groups in total. The monoisotopic (exact) mass is 330 g/mol. The molecule has 2 rings (SSSR count). The summed E-state index contributed by atoms with van der Waals surface area (Å²) in [6.07, 6.45) is 8.81. The SMILES string of the molecule is CC1CCC(C(N)=O)CN1CC1(CBr)CCCCC1. The zero-order valence-corrected chi connectivity index (χ0v) is 13.6. The number of hydrogen-bond donors (Lipinski definition) is 1. The van der Waals surface area contributed by atoms with Gasteiger partial charge in [0.2, 0.25) is 5.91 Å².